The summed E-state index contributed by atoms with van der Waals surface area (Å²) in [4.78, 5) is 67.7. The van der Waals surface area contributed by atoms with Gasteiger partial charge in [0.25, 0.3) is 11.8 Å². The zero-order valence-corrected chi connectivity index (χ0v) is 43.4. The molecule has 8 aromatic rings. The summed E-state index contributed by atoms with van der Waals surface area (Å²) in [6, 6.07) is 62.0. The van der Waals surface area contributed by atoms with Gasteiger partial charge in [-0.3, -0.25) is 14.5 Å². The first kappa shape index (κ1) is 51.5. The van der Waals surface area contributed by atoms with Gasteiger partial charge in [0.2, 0.25) is 0 Å². The number of thiazole rings is 1. The average molecular weight is 1060 g/mol. The van der Waals surface area contributed by atoms with Crippen LogP contribution in [0.3, 0.4) is 0 Å². The summed E-state index contributed by atoms with van der Waals surface area (Å²) in [5.74, 6) is -1.55. The van der Waals surface area contributed by atoms with Crippen LogP contribution in [0.25, 0.3) is 0 Å². The number of benzene rings is 7. The molecule has 0 radical (unpaired) electrons. The van der Waals surface area contributed by atoms with E-state index >= 15 is 0 Å². The number of hydrogen-bond acceptors (Lipinski definition) is 14. The Morgan fingerprint density at radius 3 is 1.77 bits per heavy atom. The molecule has 2 aliphatic rings. The van der Waals surface area contributed by atoms with Crippen LogP contribution in [-0.2, 0) is 52.2 Å². The second-order valence-electron chi connectivity index (χ2n) is 17.8. The molecule has 2 N–H and O–H groups in total. The number of nitrogens with zero attached hydrogens (tertiary/aromatic N) is 3. The largest absolute Gasteiger partial charge is 0.497 e. The molecule has 1 saturated heterocycles. The summed E-state index contributed by atoms with van der Waals surface area (Å²) in [6.45, 7) is -0.106. The maximum absolute atomic E-state index is 14.3. The molecule has 2 atom stereocenters. The number of hydrogen-bond donors (Lipinski definition) is 2. The van der Waals surface area contributed by atoms with Crippen LogP contribution in [0.15, 0.2) is 222 Å². The zero-order valence-electron chi connectivity index (χ0n) is 41.8. The second-order valence-corrected chi connectivity index (χ2v) is 19.7. The van der Waals surface area contributed by atoms with Crippen LogP contribution in [0.5, 0.6) is 5.75 Å². The van der Waals surface area contributed by atoms with Gasteiger partial charge in [-0.1, -0.05) is 181 Å². The van der Waals surface area contributed by atoms with Gasteiger partial charge in [-0.05, 0) is 63.2 Å². The van der Waals surface area contributed by atoms with Crippen LogP contribution in [0.4, 0.5) is 5.13 Å². The highest BCUT2D eigenvalue weighted by Gasteiger charge is 2.55. The molecule has 3 heterocycles. The molecule has 0 unspecified atom stereocenters. The van der Waals surface area contributed by atoms with Crippen molar-refractivity contribution in [3.05, 3.63) is 267 Å². The first-order chi connectivity index (χ1) is 37.7. The van der Waals surface area contributed by atoms with Crippen LogP contribution in [0.2, 0.25) is 0 Å². The minimum absolute atomic E-state index is 0.00546. The van der Waals surface area contributed by atoms with E-state index in [0.717, 1.165) is 27.8 Å². The Balaban J connectivity index is 0.861. The SMILES string of the molecule is CO/N=C(\C(=O)N[C@@H]1C(=O)N2C(C(=O)OCc3ccc(OC)cc3)=C(OCc3ccc(C(=O)OC(c4ccccc4)c4ccccc4)cc3)CS[C@H]12)c1csc(NC(c2ccccc2)(c2ccccc2)c2ccccc2)n1. The number of carbonyl (C=O) groups excluding carboxylic acids is 4. The minimum atomic E-state index is -1.06. The Morgan fingerprint density at radius 1 is 0.688 bits per heavy atom. The van der Waals surface area contributed by atoms with Gasteiger partial charge in [0.1, 0.15) is 54.5 Å². The lowest BCUT2D eigenvalue weighted by Crippen LogP contribution is -2.71. The van der Waals surface area contributed by atoms with Crippen molar-refractivity contribution in [3.8, 4) is 5.75 Å². The van der Waals surface area contributed by atoms with Crippen molar-refractivity contribution in [3.63, 3.8) is 0 Å². The number of amides is 2. The molecular formula is C61H51N5O9S2. The average Bonchev–Trinajstić information content (AvgIpc) is 4.04. The molecule has 16 heteroatoms. The highest BCUT2D eigenvalue weighted by Crippen LogP contribution is 2.43. The van der Waals surface area contributed by atoms with Crippen LogP contribution in [0.1, 0.15) is 61.1 Å². The summed E-state index contributed by atoms with van der Waals surface area (Å²) in [6.07, 6.45) is -0.616. The Morgan fingerprint density at radius 2 is 1.22 bits per heavy atom. The Hall–Kier alpha value is -8.99. The number of nitrogens with one attached hydrogen (secondary N) is 2. The van der Waals surface area contributed by atoms with Gasteiger partial charge in [0.05, 0.1) is 18.4 Å². The zero-order chi connectivity index (χ0) is 53.1. The lowest BCUT2D eigenvalue weighted by atomic mass is 9.77. The summed E-state index contributed by atoms with van der Waals surface area (Å²) >= 11 is 2.60. The first-order valence-electron chi connectivity index (χ1n) is 24.6. The number of aromatic nitrogens is 1. The fourth-order valence-corrected chi connectivity index (χ4v) is 11.2. The van der Waals surface area contributed by atoms with E-state index in [9.17, 15) is 19.2 Å². The molecule has 0 aliphatic carbocycles. The molecule has 10 rings (SSSR count). The maximum Gasteiger partial charge on any atom is 0.358 e. The minimum Gasteiger partial charge on any atom is -0.497 e. The van der Waals surface area contributed by atoms with Crippen molar-refractivity contribution in [2.75, 3.05) is 25.3 Å². The number of ether oxygens (including phenoxy) is 4. The number of fused-ring (bicyclic) bond motifs is 1. The molecule has 386 valence electrons. The summed E-state index contributed by atoms with van der Waals surface area (Å²) < 4.78 is 23.5. The smallest absolute Gasteiger partial charge is 0.358 e. The molecule has 1 aromatic heterocycles. The standard InChI is InChI=1S/C61H51N5O9S2/c1-71-48-34-30-41(31-35-48)37-74-59(70)53-50(73-36-40-28-32-44(33-29-40)58(69)75-54(42-18-8-3-9-19-42)43-20-10-4-11-21-43)39-76-57-52(56(68)66(53)57)63-55(67)51(65-72-2)49-38-77-60(62-49)64-61(45-22-12-5-13-23-45,46-24-14-6-15-25-46)47-26-16-7-17-27-47/h3-35,38,52,54,57H,36-37,39H2,1-2H3,(H,62,64)(H,63,67)/b65-51-/t52-,57-/m1/s1. The van der Waals surface area contributed by atoms with E-state index in [0.29, 0.717) is 27.6 Å². The van der Waals surface area contributed by atoms with Gasteiger partial charge >= 0.3 is 11.9 Å². The summed E-state index contributed by atoms with van der Waals surface area (Å²) in [5.41, 5.74) is 5.38. The number of β-lactam (4-membered cyclic amide) rings is 1. The fourth-order valence-electron chi connectivity index (χ4n) is 9.18. The molecular weight excluding hydrogens is 1010 g/mol. The fraction of sp³-hybridized carbons (Fsp3) is 0.148. The van der Waals surface area contributed by atoms with E-state index in [1.54, 1.807) is 61.0 Å². The highest BCUT2D eigenvalue weighted by molar-refractivity contribution is 8.00. The van der Waals surface area contributed by atoms with E-state index in [2.05, 4.69) is 52.2 Å². The molecule has 2 aliphatic heterocycles. The van der Waals surface area contributed by atoms with Crippen molar-refractivity contribution < 1.29 is 43.0 Å². The summed E-state index contributed by atoms with van der Waals surface area (Å²) in [7, 11) is 2.88. The quantitative estimate of drug-likeness (QED) is 0.0244. The van der Waals surface area contributed by atoms with Crippen LogP contribution >= 0.6 is 23.1 Å². The van der Waals surface area contributed by atoms with E-state index < -0.39 is 46.8 Å². The number of rotatable bonds is 20. The van der Waals surface area contributed by atoms with Crippen molar-refractivity contribution in [2.45, 2.75) is 36.3 Å². The predicted octanol–water partition coefficient (Wildman–Crippen LogP) is 10.4. The molecule has 1 fully saturated rings. The Labute approximate surface area is 453 Å². The highest BCUT2D eigenvalue weighted by atomic mass is 32.2. The van der Waals surface area contributed by atoms with Crippen LogP contribution < -0.4 is 15.4 Å². The van der Waals surface area contributed by atoms with Crippen LogP contribution in [-0.4, -0.2) is 70.7 Å². The van der Waals surface area contributed by atoms with E-state index in [4.69, 9.17) is 28.8 Å². The topological polar surface area (TPSA) is 167 Å². The third-order valence-electron chi connectivity index (χ3n) is 13.0. The molecule has 0 bridgehead atoms. The van der Waals surface area contributed by atoms with Crippen molar-refractivity contribution >= 4 is 57.7 Å². The van der Waals surface area contributed by atoms with E-state index in [-0.39, 0.29) is 41.8 Å². The molecule has 77 heavy (non-hydrogen) atoms. The Kier molecular flexibility index (Phi) is 15.8. The van der Waals surface area contributed by atoms with Gasteiger partial charge in [0.15, 0.2) is 22.6 Å². The van der Waals surface area contributed by atoms with Gasteiger partial charge in [-0.25, -0.2) is 14.6 Å². The number of oxime groups is 1. The number of thioether (sulfide) groups is 1. The third-order valence-corrected chi connectivity index (χ3v) is 15.0. The van der Waals surface area contributed by atoms with Gasteiger partial charge in [-0.2, -0.15) is 0 Å². The third kappa shape index (κ3) is 11.2. The maximum atomic E-state index is 14.3. The first-order valence-corrected chi connectivity index (χ1v) is 26.5. The lowest BCUT2D eigenvalue weighted by Gasteiger charge is -2.49. The van der Waals surface area contributed by atoms with Crippen LogP contribution in [0, 0.1) is 0 Å². The molecule has 0 spiro atoms. The normalized spacial score (nSPS) is 15.2. The summed E-state index contributed by atoms with van der Waals surface area (Å²) in [5, 5.41) is 12.2. The number of anilines is 1. The van der Waals surface area contributed by atoms with Crippen molar-refractivity contribution in [1.29, 1.82) is 0 Å². The van der Waals surface area contributed by atoms with Gasteiger partial charge in [-0.15, -0.1) is 23.1 Å². The Bertz CT molecular complexity index is 3270. The van der Waals surface area contributed by atoms with E-state index in [1.165, 1.54) is 35.1 Å². The predicted molar refractivity (Wildman–Crippen MR) is 295 cm³/mol. The van der Waals surface area contributed by atoms with Crippen molar-refractivity contribution in [1.82, 2.24) is 15.2 Å². The number of methoxy groups -OCH3 is 1. The monoisotopic (exact) mass is 1060 g/mol. The molecule has 0 saturated carbocycles. The molecule has 14 nitrogen and oxygen atoms in total. The van der Waals surface area contributed by atoms with E-state index in [1.807, 2.05) is 115 Å². The molecule has 2 amide bonds. The molecule has 7 aromatic carbocycles. The second kappa shape index (κ2) is 23.7. The number of esters is 2. The number of carbonyl (C=O) groups is 4. The van der Waals surface area contributed by atoms with Gasteiger partial charge in [0, 0.05) is 5.38 Å². The van der Waals surface area contributed by atoms with Gasteiger partial charge < -0.3 is 34.4 Å². The van der Waals surface area contributed by atoms with Crippen molar-refractivity contribution in [2.24, 2.45) is 5.16 Å². The lowest BCUT2D eigenvalue weighted by molar-refractivity contribution is -0.153.